The van der Waals surface area contributed by atoms with Crippen LogP contribution >= 0.6 is 12.4 Å². The molecule has 1 aliphatic heterocycles. The molecular formula is C10H14ClN7O2. The molecule has 0 aromatic carbocycles. The molecular weight excluding hydrogens is 286 g/mol. The highest BCUT2D eigenvalue weighted by atomic mass is 35.5. The summed E-state index contributed by atoms with van der Waals surface area (Å²) >= 11 is 0. The van der Waals surface area contributed by atoms with Crippen molar-refractivity contribution < 1.29 is 9.05 Å². The molecule has 0 amide bonds. The van der Waals surface area contributed by atoms with Crippen molar-refractivity contribution in [3.63, 3.8) is 0 Å². The largest absolute Gasteiger partial charge is 0.370 e. The summed E-state index contributed by atoms with van der Waals surface area (Å²) in [7, 11) is 0. The van der Waals surface area contributed by atoms with Gasteiger partial charge in [0.2, 0.25) is 0 Å². The molecule has 0 radical (unpaired) electrons. The second kappa shape index (κ2) is 5.87. The third-order valence-electron chi connectivity index (χ3n) is 3.40. The lowest BCUT2D eigenvalue weighted by atomic mass is 9.88. The fourth-order valence-corrected chi connectivity index (χ4v) is 2.46. The predicted molar refractivity (Wildman–Crippen MR) is 69.2 cm³/mol. The molecule has 108 valence electrons. The molecule has 2 aromatic heterocycles. The first-order chi connectivity index (χ1) is 9.25. The summed E-state index contributed by atoms with van der Waals surface area (Å²) in [6.07, 6.45) is 4.66. The van der Waals surface area contributed by atoms with E-state index in [1.54, 1.807) is 17.3 Å². The van der Waals surface area contributed by atoms with Crippen LogP contribution in [0.3, 0.4) is 0 Å². The molecule has 2 unspecified atom stereocenters. The van der Waals surface area contributed by atoms with Crippen molar-refractivity contribution in [1.82, 2.24) is 25.6 Å². The number of piperidine rings is 1. The van der Waals surface area contributed by atoms with Gasteiger partial charge in [-0.15, -0.1) is 22.6 Å². The van der Waals surface area contributed by atoms with Gasteiger partial charge in [-0.05, 0) is 12.8 Å². The number of likely N-dealkylation sites (tertiary alicyclic amines) is 1. The van der Waals surface area contributed by atoms with E-state index in [1.807, 2.05) is 0 Å². The highest BCUT2D eigenvalue weighted by Crippen LogP contribution is 2.38. The average molecular weight is 300 g/mol. The normalized spacial score (nSPS) is 22.3. The van der Waals surface area contributed by atoms with Gasteiger partial charge in [0, 0.05) is 23.0 Å². The monoisotopic (exact) mass is 299 g/mol. The predicted octanol–water partition coefficient (Wildman–Crippen LogP) is 0.689. The molecule has 2 aromatic rings. The van der Waals surface area contributed by atoms with Crippen LogP contribution in [0.15, 0.2) is 21.4 Å². The number of rotatable bonds is 2. The molecule has 3 N–H and O–H groups in total. The van der Waals surface area contributed by atoms with Crippen LogP contribution in [0.1, 0.15) is 36.3 Å². The summed E-state index contributed by atoms with van der Waals surface area (Å²) in [5.74, 6) is 1.50. The van der Waals surface area contributed by atoms with Crippen molar-refractivity contribution in [2.24, 2.45) is 5.73 Å². The summed E-state index contributed by atoms with van der Waals surface area (Å²) in [5.41, 5.74) is 5.61. The van der Waals surface area contributed by atoms with E-state index >= 15 is 0 Å². The molecule has 1 saturated heterocycles. The first kappa shape index (κ1) is 14.3. The van der Waals surface area contributed by atoms with Crippen LogP contribution in [0.25, 0.3) is 0 Å². The number of guanidine groups is 1. The van der Waals surface area contributed by atoms with Crippen LogP contribution in [-0.2, 0) is 0 Å². The molecule has 3 rings (SSSR count). The number of nitrogens with zero attached hydrogens (tertiary/aromatic N) is 5. The van der Waals surface area contributed by atoms with Gasteiger partial charge < -0.3 is 19.7 Å². The van der Waals surface area contributed by atoms with Gasteiger partial charge in [-0.3, -0.25) is 5.41 Å². The summed E-state index contributed by atoms with van der Waals surface area (Å²) in [6.45, 7) is 0.631. The second-order valence-electron chi connectivity index (χ2n) is 4.46. The Kier molecular flexibility index (Phi) is 4.18. The van der Waals surface area contributed by atoms with Crippen molar-refractivity contribution in [2.45, 2.75) is 24.8 Å². The minimum atomic E-state index is -0.170. The molecule has 3 heterocycles. The van der Waals surface area contributed by atoms with Gasteiger partial charge in [-0.2, -0.15) is 0 Å². The third-order valence-corrected chi connectivity index (χ3v) is 3.40. The van der Waals surface area contributed by atoms with Crippen molar-refractivity contribution in [1.29, 1.82) is 5.41 Å². The second-order valence-corrected chi connectivity index (χ2v) is 4.46. The van der Waals surface area contributed by atoms with E-state index in [0.717, 1.165) is 12.2 Å². The van der Waals surface area contributed by atoms with E-state index < -0.39 is 0 Å². The number of halogens is 1. The highest BCUT2D eigenvalue weighted by Gasteiger charge is 2.35. The van der Waals surface area contributed by atoms with Gasteiger partial charge in [-0.25, -0.2) is 0 Å². The third kappa shape index (κ3) is 2.57. The van der Waals surface area contributed by atoms with E-state index in [2.05, 4.69) is 20.7 Å². The summed E-state index contributed by atoms with van der Waals surface area (Å²) in [6, 6.07) is -0.170. The summed E-state index contributed by atoms with van der Waals surface area (Å²) in [5, 5.41) is 22.0. The van der Waals surface area contributed by atoms with Crippen LogP contribution in [0.2, 0.25) is 0 Å². The number of hydrogen-bond donors (Lipinski definition) is 2. The van der Waals surface area contributed by atoms with Crippen LogP contribution in [0, 0.1) is 5.41 Å². The number of nitrogens with two attached hydrogens (primary N) is 1. The van der Waals surface area contributed by atoms with Crippen molar-refractivity contribution in [3.05, 3.63) is 23.9 Å². The number of nitrogens with one attached hydrogen (secondary N) is 1. The van der Waals surface area contributed by atoms with E-state index in [-0.39, 0.29) is 30.3 Å². The Hall–Kier alpha value is -2.16. The van der Waals surface area contributed by atoms with Crippen LogP contribution in [-0.4, -0.2) is 38.1 Å². The Morgan fingerprint density at radius 1 is 1.25 bits per heavy atom. The highest BCUT2D eigenvalue weighted by molar-refractivity contribution is 5.85. The zero-order valence-corrected chi connectivity index (χ0v) is 11.3. The number of hydrogen-bond acceptors (Lipinski definition) is 7. The first-order valence-corrected chi connectivity index (χ1v) is 5.91. The topological polar surface area (TPSA) is 131 Å². The van der Waals surface area contributed by atoms with E-state index in [4.69, 9.17) is 20.2 Å². The Bertz CT molecular complexity index is 544. The smallest absolute Gasteiger partial charge is 0.189 e. The minimum Gasteiger partial charge on any atom is -0.370 e. The molecule has 2 atom stereocenters. The van der Waals surface area contributed by atoms with Crippen molar-refractivity contribution in [2.75, 3.05) is 6.54 Å². The quantitative estimate of drug-likeness (QED) is 0.611. The number of aromatic nitrogens is 4. The molecule has 0 saturated carbocycles. The van der Waals surface area contributed by atoms with Gasteiger partial charge in [-0.1, -0.05) is 0 Å². The Morgan fingerprint density at radius 3 is 2.45 bits per heavy atom. The molecule has 1 aliphatic rings. The molecule has 10 heteroatoms. The summed E-state index contributed by atoms with van der Waals surface area (Å²) < 4.78 is 10.2. The van der Waals surface area contributed by atoms with Gasteiger partial charge in [0.05, 0.1) is 18.4 Å². The Labute approximate surface area is 120 Å². The van der Waals surface area contributed by atoms with Crippen molar-refractivity contribution in [3.8, 4) is 0 Å². The minimum absolute atomic E-state index is 0. The maximum Gasteiger partial charge on any atom is 0.189 e. The van der Waals surface area contributed by atoms with Gasteiger partial charge >= 0.3 is 0 Å². The molecule has 0 bridgehead atoms. The van der Waals surface area contributed by atoms with E-state index in [9.17, 15) is 0 Å². The van der Waals surface area contributed by atoms with Gasteiger partial charge in [0.15, 0.2) is 17.5 Å². The van der Waals surface area contributed by atoms with E-state index in [1.165, 1.54) is 0 Å². The lowest BCUT2D eigenvalue weighted by Gasteiger charge is -2.37. The van der Waals surface area contributed by atoms with Crippen LogP contribution in [0.4, 0.5) is 0 Å². The maximum absolute atomic E-state index is 7.64. The fraction of sp³-hybridized carbons (Fsp3) is 0.500. The molecule has 0 spiro atoms. The van der Waals surface area contributed by atoms with Gasteiger partial charge in [0.25, 0.3) is 0 Å². The Balaban J connectivity index is 0.00000147. The lowest BCUT2D eigenvalue weighted by molar-refractivity contribution is 0.167. The SMILES string of the molecule is Cl.N=C(N)N1CCC(c2cnno2)CC1c1cnno1. The maximum atomic E-state index is 7.64. The average Bonchev–Trinajstić information content (AvgIpc) is 3.11. The van der Waals surface area contributed by atoms with Gasteiger partial charge in [0.1, 0.15) is 0 Å². The van der Waals surface area contributed by atoms with Crippen molar-refractivity contribution >= 4 is 18.4 Å². The zero-order chi connectivity index (χ0) is 13.2. The molecule has 0 aliphatic carbocycles. The zero-order valence-electron chi connectivity index (χ0n) is 10.5. The van der Waals surface area contributed by atoms with E-state index in [0.29, 0.717) is 18.7 Å². The first-order valence-electron chi connectivity index (χ1n) is 5.91. The lowest BCUT2D eigenvalue weighted by Crippen LogP contribution is -2.43. The fourth-order valence-electron chi connectivity index (χ4n) is 2.46. The standard InChI is InChI=1S/C10H13N7O2.ClH/c11-10(12)17-2-1-6(8-4-13-15-18-8)3-7(17)9-5-14-16-19-9;/h4-7H,1-3H2,(H3,11,12);1H. The summed E-state index contributed by atoms with van der Waals surface area (Å²) in [4.78, 5) is 1.77. The molecule has 9 nitrogen and oxygen atoms in total. The Morgan fingerprint density at radius 2 is 1.90 bits per heavy atom. The molecule has 20 heavy (non-hydrogen) atoms. The van der Waals surface area contributed by atoms with Crippen LogP contribution < -0.4 is 5.73 Å². The molecule has 1 fully saturated rings. The van der Waals surface area contributed by atoms with Crippen LogP contribution in [0.5, 0.6) is 0 Å².